The van der Waals surface area contributed by atoms with Gasteiger partial charge in [0, 0.05) is 18.0 Å². The largest absolute Gasteiger partial charge is 0.369 e. The number of halogens is 1. The third-order valence-electron chi connectivity index (χ3n) is 2.51. The Labute approximate surface area is 130 Å². The Morgan fingerprint density at radius 3 is 2.95 bits per heavy atom. The second kappa shape index (κ2) is 7.35. The summed E-state index contributed by atoms with van der Waals surface area (Å²) < 4.78 is 1.10. The number of amides is 1. The monoisotopic (exact) mass is 354 g/mol. The smallest absolute Gasteiger partial charge is 0.271 e. The number of carbonyl (C=O) groups excluding carboxylic acids is 1. The van der Waals surface area contributed by atoms with E-state index < -0.39 is 0 Å². The van der Waals surface area contributed by atoms with Crippen LogP contribution in [0.2, 0.25) is 0 Å². The van der Waals surface area contributed by atoms with Crippen LogP contribution in [0.5, 0.6) is 0 Å². The van der Waals surface area contributed by atoms with Crippen LogP contribution in [0.15, 0.2) is 28.3 Å². The van der Waals surface area contributed by atoms with E-state index in [0.29, 0.717) is 18.1 Å². The summed E-state index contributed by atoms with van der Waals surface area (Å²) in [6, 6.07) is 4.06. The van der Waals surface area contributed by atoms with Crippen molar-refractivity contribution < 1.29 is 4.79 Å². The second-order valence-electron chi connectivity index (χ2n) is 4.03. The van der Waals surface area contributed by atoms with Gasteiger partial charge in [0.25, 0.3) is 5.91 Å². The molecule has 5 nitrogen and oxygen atoms in total. The molecule has 106 valence electrons. The van der Waals surface area contributed by atoms with Gasteiger partial charge in [-0.05, 0) is 41.4 Å². The molecule has 0 atom stereocenters. The number of carbonyl (C=O) groups is 1. The third kappa shape index (κ3) is 4.28. The first-order valence-corrected chi connectivity index (χ1v) is 7.88. The van der Waals surface area contributed by atoms with Gasteiger partial charge >= 0.3 is 0 Å². The van der Waals surface area contributed by atoms with Crippen molar-refractivity contribution >= 4 is 39.0 Å². The lowest BCUT2D eigenvalue weighted by molar-refractivity contribution is 0.0949. The number of nitrogens with zero attached hydrogens (tertiary/aromatic N) is 2. The fourth-order valence-electron chi connectivity index (χ4n) is 1.62. The van der Waals surface area contributed by atoms with Crippen molar-refractivity contribution in [3.8, 4) is 0 Å². The standard InChI is InChI=1S/C13H15BrN4OS/c1-2-16-12-8-15-7-10(18-12)13(19)17-6-5-9-3-4-11(14)20-9/h3-4,7-8H,2,5-6H2,1H3,(H,16,18)(H,17,19). The molecule has 0 aliphatic carbocycles. The lowest BCUT2D eigenvalue weighted by Crippen LogP contribution is -2.26. The quantitative estimate of drug-likeness (QED) is 0.836. The van der Waals surface area contributed by atoms with Crippen LogP contribution >= 0.6 is 27.3 Å². The van der Waals surface area contributed by atoms with Crippen LogP contribution in [0, 0.1) is 0 Å². The van der Waals surface area contributed by atoms with Gasteiger partial charge in [-0.1, -0.05) is 0 Å². The summed E-state index contributed by atoms with van der Waals surface area (Å²) in [5.74, 6) is 0.412. The SMILES string of the molecule is CCNc1cncc(C(=O)NCCc2ccc(Br)s2)n1. The zero-order valence-corrected chi connectivity index (χ0v) is 13.4. The topological polar surface area (TPSA) is 66.9 Å². The maximum atomic E-state index is 11.9. The molecule has 0 aliphatic rings. The van der Waals surface area contributed by atoms with Gasteiger partial charge in [0.2, 0.25) is 0 Å². The van der Waals surface area contributed by atoms with Gasteiger partial charge in [-0.25, -0.2) is 4.98 Å². The zero-order chi connectivity index (χ0) is 14.4. The molecule has 2 rings (SSSR count). The van der Waals surface area contributed by atoms with Gasteiger partial charge in [0.05, 0.1) is 16.2 Å². The Morgan fingerprint density at radius 2 is 2.25 bits per heavy atom. The van der Waals surface area contributed by atoms with Crippen LogP contribution < -0.4 is 10.6 Å². The fourth-order valence-corrected chi connectivity index (χ4v) is 3.10. The highest BCUT2D eigenvalue weighted by atomic mass is 79.9. The first-order chi connectivity index (χ1) is 9.69. The number of thiophene rings is 1. The van der Waals surface area contributed by atoms with Crippen molar-refractivity contribution in [2.75, 3.05) is 18.4 Å². The lowest BCUT2D eigenvalue weighted by Gasteiger charge is -2.05. The molecular formula is C13H15BrN4OS. The third-order valence-corrected chi connectivity index (χ3v) is 4.19. The Bertz CT molecular complexity index is 587. The Kier molecular flexibility index (Phi) is 5.49. The summed E-state index contributed by atoms with van der Waals surface area (Å²) in [6.07, 6.45) is 3.88. The van der Waals surface area contributed by atoms with E-state index in [2.05, 4.69) is 36.5 Å². The molecule has 20 heavy (non-hydrogen) atoms. The van der Waals surface area contributed by atoms with E-state index in [0.717, 1.165) is 16.8 Å². The number of hydrogen-bond acceptors (Lipinski definition) is 5. The Morgan fingerprint density at radius 1 is 1.40 bits per heavy atom. The lowest BCUT2D eigenvalue weighted by atomic mass is 10.3. The normalized spacial score (nSPS) is 10.3. The molecule has 2 aromatic heterocycles. The molecular weight excluding hydrogens is 340 g/mol. The van der Waals surface area contributed by atoms with Gasteiger partial charge in [-0.15, -0.1) is 11.3 Å². The van der Waals surface area contributed by atoms with Crippen molar-refractivity contribution in [3.63, 3.8) is 0 Å². The molecule has 0 aliphatic heterocycles. The molecule has 0 saturated carbocycles. The summed E-state index contributed by atoms with van der Waals surface area (Å²) in [5.41, 5.74) is 0.329. The predicted molar refractivity (Wildman–Crippen MR) is 84.3 cm³/mol. The molecule has 0 radical (unpaired) electrons. The molecule has 0 aromatic carbocycles. The Balaban J connectivity index is 1.86. The van der Waals surface area contributed by atoms with Crippen molar-refractivity contribution in [1.29, 1.82) is 0 Å². The summed E-state index contributed by atoms with van der Waals surface area (Å²) >= 11 is 5.09. The van der Waals surface area contributed by atoms with Gasteiger partial charge in [-0.3, -0.25) is 9.78 Å². The van der Waals surface area contributed by atoms with Crippen molar-refractivity contribution in [2.45, 2.75) is 13.3 Å². The van der Waals surface area contributed by atoms with Gasteiger partial charge in [0.15, 0.2) is 0 Å². The van der Waals surface area contributed by atoms with E-state index in [1.807, 2.05) is 19.1 Å². The van der Waals surface area contributed by atoms with E-state index in [4.69, 9.17) is 0 Å². The maximum Gasteiger partial charge on any atom is 0.271 e. The van der Waals surface area contributed by atoms with Gasteiger partial charge < -0.3 is 10.6 Å². The summed E-state index contributed by atoms with van der Waals surface area (Å²) in [6.45, 7) is 3.29. The highest BCUT2D eigenvalue weighted by Crippen LogP contribution is 2.22. The fraction of sp³-hybridized carbons (Fsp3) is 0.308. The van der Waals surface area contributed by atoms with Crippen LogP contribution in [0.1, 0.15) is 22.3 Å². The molecule has 0 saturated heterocycles. The number of nitrogens with one attached hydrogen (secondary N) is 2. The van der Waals surface area contributed by atoms with E-state index in [1.54, 1.807) is 17.5 Å². The van der Waals surface area contributed by atoms with Crippen molar-refractivity contribution in [3.05, 3.63) is 38.9 Å². The van der Waals surface area contributed by atoms with Crippen LogP contribution in [0.4, 0.5) is 5.82 Å². The molecule has 0 spiro atoms. The van der Waals surface area contributed by atoms with Crippen molar-refractivity contribution in [2.24, 2.45) is 0 Å². The molecule has 1 amide bonds. The molecule has 2 N–H and O–H groups in total. The molecule has 0 fully saturated rings. The van der Waals surface area contributed by atoms with Crippen LogP contribution in [0.3, 0.4) is 0 Å². The molecule has 2 heterocycles. The summed E-state index contributed by atoms with van der Waals surface area (Å²) in [4.78, 5) is 21.4. The van der Waals surface area contributed by atoms with Gasteiger partial charge in [0.1, 0.15) is 11.5 Å². The first-order valence-electron chi connectivity index (χ1n) is 6.27. The average molecular weight is 355 g/mol. The highest BCUT2D eigenvalue weighted by Gasteiger charge is 2.08. The minimum absolute atomic E-state index is 0.201. The average Bonchev–Trinajstić information content (AvgIpc) is 2.85. The van der Waals surface area contributed by atoms with Crippen LogP contribution in [-0.4, -0.2) is 29.0 Å². The zero-order valence-electron chi connectivity index (χ0n) is 11.0. The van der Waals surface area contributed by atoms with E-state index in [1.165, 1.54) is 11.1 Å². The van der Waals surface area contributed by atoms with E-state index >= 15 is 0 Å². The first kappa shape index (κ1) is 14.9. The van der Waals surface area contributed by atoms with E-state index in [-0.39, 0.29) is 5.91 Å². The summed E-state index contributed by atoms with van der Waals surface area (Å²) in [5, 5.41) is 5.88. The predicted octanol–water partition coefficient (Wildman–Crippen LogP) is 2.70. The van der Waals surface area contributed by atoms with E-state index in [9.17, 15) is 4.79 Å². The Hall–Kier alpha value is -1.47. The van der Waals surface area contributed by atoms with Crippen LogP contribution in [0.25, 0.3) is 0 Å². The number of anilines is 1. The second-order valence-corrected chi connectivity index (χ2v) is 6.58. The van der Waals surface area contributed by atoms with Crippen molar-refractivity contribution in [1.82, 2.24) is 15.3 Å². The number of hydrogen-bond donors (Lipinski definition) is 2. The van der Waals surface area contributed by atoms with Crippen LogP contribution in [-0.2, 0) is 6.42 Å². The molecule has 2 aromatic rings. The minimum Gasteiger partial charge on any atom is -0.369 e. The molecule has 0 unspecified atom stereocenters. The van der Waals surface area contributed by atoms with Gasteiger partial charge in [-0.2, -0.15) is 0 Å². The molecule has 7 heteroatoms. The summed E-state index contributed by atoms with van der Waals surface area (Å²) in [7, 11) is 0. The minimum atomic E-state index is -0.201. The molecule has 0 bridgehead atoms. The maximum absolute atomic E-state index is 11.9. The number of rotatable bonds is 6. The number of aromatic nitrogens is 2. The highest BCUT2D eigenvalue weighted by molar-refractivity contribution is 9.11.